The summed E-state index contributed by atoms with van der Waals surface area (Å²) >= 11 is 6.03. The molecule has 0 saturated carbocycles. The Morgan fingerprint density at radius 1 is 1.38 bits per heavy atom. The lowest BCUT2D eigenvalue weighted by molar-refractivity contribution is -0.383. The van der Waals surface area contributed by atoms with E-state index in [0.29, 0.717) is 27.2 Å². The molecule has 0 atom stereocenters. The quantitative estimate of drug-likeness (QED) is 0.563. The number of nitrogens with zero attached hydrogens (tertiary/aromatic N) is 2. The summed E-state index contributed by atoms with van der Waals surface area (Å²) in [5, 5.41) is 12.1. The lowest BCUT2D eigenvalue weighted by atomic mass is 10.1. The molecule has 0 radical (unpaired) electrons. The number of aryl methyl sites for hydroxylation is 2. The Balaban J connectivity index is 2.97. The normalized spacial score (nSPS) is 10.7. The third kappa shape index (κ3) is 1.61. The molecule has 16 heavy (non-hydrogen) atoms. The molecule has 0 N–H and O–H groups in total. The summed E-state index contributed by atoms with van der Waals surface area (Å²) in [5.74, 6) is 0. The van der Waals surface area contributed by atoms with Gasteiger partial charge in [-0.05, 0) is 19.9 Å². The van der Waals surface area contributed by atoms with Crippen molar-refractivity contribution in [3.8, 4) is 0 Å². The zero-order valence-corrected chi connectivity index (χ0v) is 9.58. The zero-order valence-electron chi connectivity index (χ0n) is 8.82. The maximum Gasteiger partial charge on any atom is 0.298 e. The average molecular weight is 237 g/mol. The SMILES string of the molecule is Cc1cc(Cl)c2ccc(C)c([N+](=O)[O-])c2n1. The lowest BCUT2D eigenvalue weighted by Gasteiger charge is -2.04. The molecule has 2 aromatic rings. The van der Waals surface area contributed by atoms with Gasteiger partial charge >= 0.3 is 0 Å². The molecule has 0 fully saturated rings. The van der Waals surface area contributed by atoms with Gasteiger partial charge in [-0.1, -0.05) is 23.7 Å². The minimum atomic E-state index is -0.416. The van der Waals surface area contributed by atoms with E-state index in [9.17, 15) is 10.1 Å². The number of hydrogen-bond donors (Lipinski definition) is 0. The molecule has 0 aliphatic heterocycles. The number of benzene rings is 1. The summed E-state index contributed by atoms with van der Waals surface area (Å²) in [7, 11) is 0. The van der Waals surface area contributed by atoms with E-state index in [0.717, 1.165) is 0 Å². The van der Waals surface area contributed by atoms with Crippen molar-refractivity contribution in [3.63, 3.8) is 0 Å². The van der Waals surface area contributed by atoms with Gasteiger partial charge < -0.3 is 0 Å². The van der Waals surface area contributed by atoms with E-state index in [1.807, 2.05) is 0 Å². The van der Waals surface area contributed by atoms with Gasteiger partial charge in [0, 0.05) is 16.6 Å². The number of nitro groups is 1. The topological polar surface area (TPSA) is 56.0 Å². The van der Waals surface area contributed by atoms with E-state index in [2.05, 4.69) is 4.98 Å². The molecule has 0 saturated heterocycles. The molecule has 82 valence electrons. The van der Waals surface area contributed by atoms with Crippen LogP contribution in [0.15, 0.2) is 18.2 Å². The minimum absolute atomic E-state index is 0.0306. The monoisotopic (exact) mass is 236 g/mol. The molecule has 0 unspecified atom stereocenters. The van der Waals surface area contributed by atoms with Crippen molar-refractivity contribution in [2.75, 3.05) is 0 Å². The van der Waals surface area contributed by atoms with Gasteiger partial charge in [-0.3, -0.25) is 10.1 Å². The second-order valence-corrected chi connectivity index (χ2v) is 4.04. The summed E-state index contributed by atoms with van der Waals surface area (Å²) in [6, 6.07) is 5.14. The smallest absolute Gasteiger partial charge is 0.258 e. The van der Waals surface area contributed by atoms with Crippen LogP contribution in [-0.2, 0) is 0 Å². The highest BCUT2D eigenvalue weighted by molar-refractivity contribution is 6.35. The third-order valence-electron chi connectivity index (χ3n) is 2.42. The molecule has 5 heteroatoms. The Morgan fingerprint density at radius 3 is 2.69 bits per heavy atom. The highest BCUT2D eigenvalue weighted by Crippen LogP contribution is 2.32. The number of pyridine rings is 1. The van der Waals surface area contributed by atoms with Crippen LogP contribution in [0.4, 0.5) is 5.69 Å². The molecular formula is C11H9ClN2O2. The van der Waals surface area contributed by atoms with Crippen molar-refractivity contribution in [2.24, 2.45) is 0 Å². The summed E-state index contributed by atoms with van der Waals surface area (Å²) in [4.78, 5) is 14.8. The van der Waals surface area contributed by atoms with Crippen LogP contribution in [0.2, 0.25) is 5.02 Å². The fourth-order valence-corrected chi connectivity index (χ4v) is 2.00. The molecule has 0 amide bonds. The molecular weight excluding hydrogens is 228 g/mol. The van der Waals surface area contributed by atoms with Crippen LogP contribution in [-0.4, -0.2) is 9.91 Å². The first-order chi connectivity index (χ1) is 7.50. The number of rotatable bonds is 1. The van der Waals surface area contributed by atoms with Gasteiger partial charge in [-0.2, -0.15) is 0 Å². The van der Waals surface area contributed by atoms with Crippen molar-refractivity contribution >= 4 is 28.2 Å². The standard InChI is InChI=1S/C11H9ClN2O2/c1-6-3-4-8-9(12)5-7(2)13-10(8)11(6)14(15)16/h3-5H,1-2H3. The van der Waals surface area contributed by atoms with Gasteiger partial charge in [0.2, 0.25) is 0 Å². The molecule has 0 bridgehead atoms. The number of halogens is 1. The zero-order chi connectivity index (χ0) is 11.9. The van der Waals surface area contributed by atoms with E-state index in [1.54, 1.807) is 32.0 Å². The van der Waals surface area contributed by atoms with E-state index >= 15 is 0 Å². The second-order valence-electron chi connectivity index (χ2n) is 3.63. The van der Waals surface area contributed by atoms with Crippen molar-refractivity contribution in [1.82, 2.24) is 4.98 Å². The Labute approximate surface area is 97.0 Å². The number of hydrogen-bond acceptors (Lipinski definition) is 3. The van der Waals surface area contributed by atoms with Crippen molar-refractivity contribution in [3.05, 3.63) is 44.6 Å². The molecule has 1 heterocycles. The summed E-state index contributed by atoms with van der Waals surface area (Å²) in [6.07, 6.45) is 0. The fraction of sp³-hybridized carbons (Fsp3) is 0.182. The van der Waals surface area contributed by atoms with Crippen LogP contribution in [0.3, 0.4) is 0 Å². The van der Waals surface area contributed by atoms with Crippen LogP contribution in [0.1, 0.15) is 11.3 Å². The molecule has 0 spiro atoms. The van der Waals surface area contributed by atoms with Crippen LogP contribution in [0, 0.1) is 24.0 Å². The molecule has 4 nitrogen and oxygen atoms in total. The summed E-state index contributed by atoms with van der Waals surface area (Å²) in [5.41, 5.74) is 1.65. The largest absolute Gasteiger partial charge is 0.298 e. The minimum Gasteiger partial charge on any atom is -0.258 e. The third-order valence-corrected chi connectivity index (χ3v) is 2.73. The highest BCUT2D eigenvalue weighted by atomic mass is 35.5. The van der Waals surface area contributed by atoms with Crippen LogP contribution in [0.5, 0.6) is 0 Å². The first kappa shape index (κ1) is 10.8. The summed E-state index contributed by atoms with van der Waals surface area (Å²) < 4.78 is 0. The number of fused-ring (bicyclic) bond motifs is 1. The number of nitro benzene ring substituents is 1. The van der Waals surface area contributed by atoms with Crippen molar-refractivity contribution in [1.29, 1.82) is 0 Å². The molecule has 0 aliphatic rings. The fourth-order valence-electron chi connectivity index (χ4n) is 1.69. The van der Waals surface area contributed by atoms with E-state index in [-0.39, 0.29) is 5.69 Å². The Bertz CT molecular complexity index is 596. The van der Waals surface area contributed by atoms with E-state index in [1.165, 1.54) is 0 Å². The van der Waals surface area contributed by atoms with Crippen LogP contribution >= 0.6 is 11.6 Å². The Kier molecular flexibility index (Phi) is 2.52. The Hall–Kier alpha value is -1.68. The highest BCUT2D eigenvalue weighted by Gasteiger charge is 2.18. The number of aromatic nitrogens is 1. The molecule has 1 aromatic carbocycles. The van der Waals surface area contributed by atoms with Gasteiger partial charge in [0.15, 0.2) is 0 Å². The van der Waals surface area contributed by atoms with Gasteiger partial charge in [0.25, 0.3) is 5.69 Å². The Morgan fingerprint density at radius 2 is 2.06 bits per heavy atom. The summed E-state index contributed by atoms with van der Waals surface area (Å²) in [6.45, 7) is 3.45. The van der Waals surface area contributed by atoms with Gasteiger partial charge in [-0.15, -0.1) is 0 Å². The van der Waals surface area contributed by atoms with Crippen LogP contribution < -0.4 is 0 Å². The van der Waals surface area contributed by atoms with Gasteiger partial charge in [0.05, 0.1) is 9.95 Å². The van der Waals surface area contributed by atoms with E-state index in [4.69, 9.17) is 11.6 Å². The molecule has 0 aliphatic carbocycles. The maximum absolute atomic E-state index is 11.0. The van der Waals surface area contributed by atoms with Crippen LogP contribution in [0.25, 0.3) is 10.9 Å². The van der Waals surface area contributed by atoms with Gasteiger partial charge in [-0.25, -0.2) is 4.98 Å². The first-order valence-electron chi connectivity index (χ1n) is 4.71. The maximum atomic E-state index is 11.0. The lowest BCUT2D eigenvalue weighted by Crippen LogP contribution is -1.96. The van der Waals surface area contributed by atoms with Gasteiger partial charge in [0.1, 0.15) is 5.52 Å². The predicted octanol–water partition coefficient (Wildman–Crippen LogP) is 3.41. The van der Waals surface area contributed by atoms with Crippen molar-refractivity contribution in [2.45, 2.75) is 13.8 Å². The second kappa shape index (κ2) is 3.72. The predicted molar refractivity (Wildman–Crippen MR) is 62.9 cm³/mol. The first-order valence-corrected chi connectivity index (χ1v) is 5.09. The average Bonchev–Trinajstić information content (AvgIpc) is 2.15. The molecule has 2 rings (SSSR count). The van der Waals surface area contributed by atoms with Crippen molar-refractivity contribution < 1.29 is 4.92 Å². The van der Waals surface area contributed by atoms with E-state index < -0.39 is 4.92 Å². The molecule has 1 aromatic heterocycles.